The summed E-state index contributed by atoms with van der Waals surface area (Å²) >= 11 is 0. The van der Waals surface area contributed by atoms with Crippen molar-refractivity contribution >= 4 is 19.8 Å². The number of allylic oxidation sites excluding steroid dienone is 8. The average Bonchev–Trinajstić information content (AvgIpc) is 3.17. The molecular weight excluding hydrogens is 747 g/mol. The van der Waals surface area contributed by atoms with Gasteiger partial charge in [-0.15, -0.1) is 0 Å². The Labute approximate surface area is 345 Å². The van der Waals surface area contributed by atoms with Crippen LogP contribution in [0.5, 0.6) is 0 Å². The lowest BCUT2D eigenvalue weighted by molar-refractivity contribution is -0.161. The van der Waals surface area contributed by atoms with Gasteiger partial charge in [0.2, 0.25) is 0 Å². The van der Waals surface area contributed by atoms with E-state index in [2.05, 4.69) is 30.5 Å². The number of esters is 2. The van der Waals surface area contributed by atoms with E-state index in [1.165, 1.54) is 89.5 Å². The summed E-state index contributed by atoms with van der Waals surface area (Å²) in [7, 11) is -4.84. The molecule has 0 radical (unpaired) electrons. The van der Waals surface area contributed by atoms with E-state index in [0.717, 1.165) is 44.9 Å². The Morgan fingerprint density at radius 3 is 1.63 bits per heavy atom. The molecule has 12 heteroatoms. The van der Waals surface area contributed by atoms with Crippen LogP contribution in [0.15, 0.2) is 60.8 Å². The Balaban J connectivity index is 4.21. The van der Waals surface area contributed by atoms with E-state index in [4.69, 9.17) is 19.3 Å². The first-order valence-electron chi connectivity index (χ1n) is 21.9. The quantitative estimate of drug-likeness (QED) is 0.0131. The lowest BCUT2D eigenvalue weighted by Crippen LogP contribution is -2.29. The minimum atomic E-state index is -4.84. The van der Waals surface area contributed by atoms with Crippen molar-refractivity contribution in [2.24, 2.45) is 0 Å². The Morgan fingerprint density at radius 2 is 1.05 bits per heavy atom. The highest BCUT2D eigenvalue weighted by molar-refractivity contribution is 7.46. The SMILES string of the molecule is CCCCCCCC/C=C\CCCCCCCCCCCC(=O)O[C@H](COC(=O)CCC[C@@H](O)[C@H](O)/C=C/C=C/C=C\C=C\[C@H](O)CCCCC)COP(=O)(O)O. The van der Waals surface area contributed by atoms with Crippen LogP contribution in [0.3, 0.4) is 0 Å². The van der Waals surface area contributed by atoms with Crippen molar-refractivity contribution in [3.05, 3.63) is 60.8 Å². The summed E-state index contributed by atoms with van der Waals surface area (Å²) in [6, 6.07) is 0. The number of aliphatic hydroxyl groups excluding tert-OH is 3. The Bertz CT molecular complexity index is 1160. The summed E-state index contributed by atoms with van der Waals surface area (Å²) in [5.41, 5.74) is 0. The van der Waals surface area contributed by atoms with Crippen molar-refractivity contribution in [1.82, 2.24) is 0 Å². The van der Waals surface area contributed by atoms with Gasteiger partial charge < -0.3 is 34.6 Å². The van der Waals surface area contributed by atoms with Crippen molar-refractivity contribution in [1.29, 1.82) is 0 Å². The smallest absolute Gasteiger partial charge is 0.462 e. The summed E-state index contributed by atoms with van der Waals surface area (Å²) in [6.07, 6.45) is 38.8. The minimum absolute atomic E-state index is 0.0876. The van der Waals surface area contributed by atoms with E-state index >= 15 is 0 Å². The third-order valence-corrected chi connectivity index (χ3v) is 9.86. The van der Waals surface area contributed by atoms with Gasteiger partial charge in [-0.25, -0.2) is 4.57 Å². The third kappa shape index (κ3) is 40.2. The molecule has 0 aliphatic rings. The molecule has 0 fully saturated rings. The number of phosphoric acid groups is 1. The molecule has 330 valence electrons. The summed E-state index contributed by atoms with van der Waals surface area (Å²) in [4.78, 5) is 42.9. The van der Waals surface area contributed by atoms with Crippen LogP contribution in [0.4, 0.5) is 0 Å². The van der Waals surface area contributed by atoms with Gasteiger partial charge >= 0.3 is 19.8 Å². The molecule has 0 aromatic carbocycles. The molecule has 0 aromatic rings. The summed E-state index contributed by atoms with van der Waals surface area (Å²) < 4.78 is 26.2. The molecule has 0 aliphatic carbocycles. The summed E-state index contributed by atoms with van der Waals surface area (Å²) in [5.74, 6) is -1.22. The lowest BCUT2D eigenvalue weighted by atomic mass is 10.1. The molecule has 0 spiro atoms. The van der Waals surface area contributed by atoms with Crippen molar-refractivity contribution in [2.45, 2.75) is 199 Å². The number of ether oxygens (including phenoxy) is 2. The fraction of sp³-hybridized carbons (Fsp3) is 0.733. The number of unbranched alkanes of at least 4 members (excludes halogenated alkanes) is 17. The Kier molecular flexibility index (Phi) is 37.5. The molecule has 0 amide bonds. The Morgan fingerprint density at radius 1 is 0.561 bits per heavy atom. The van der Waals surface area contributed by atoms with Crippen LogP contribution in [0.2, 0.25) is 0 Å². The third-order valence-electron chi connectivity index (χ3n) is 9.38. The molecule has 57 heavy (non-hydrogen) atoms. The molecule has 0 rings (SSSR count). The van der Waals surface area contributed by atoms with Crippen molar-refractivity contribution < 1.29 is 53.3 Å². The maximum Gasteiger partial charge on any atom is 0.469 e. The molecule has 4 atom stereocenters. The van der Waals surface area contributed by atoms with Crippen molar-refractivity contribution in [3.8, 4) is 0 Å². The molecule has 0 heterocycles. The van der Waals surface area contributed by atoms with Crippen LogP contribution in [-0.4, -0.2) is 74.7 Å². The minimum Gasteiger partial charge on any atom is -0.462 e. The predicted molar refractivity (Wildman–Crippen MR) is 229 cm³/mol. The lowest BCUT2D eigenvalue weighted by Gasteiger charge is -2.18. The second-order valence-electron chi connectivity index (χ2n) is 14.9. The Hall–Kier alpha value is -2.37. The first kappa shape index (κ1) is 54.6. The predicted octanol–water partition coefficient (Wildman–Crippen LogP) is 10.2. The van der Waals surface area contributed by atoms with E-state index in [9.17, 15) is 29.5 Å². The van der Waals surface area contributed by atoms with Gasteiger partial charge in [-0.2, -0.15) is 0 Å². The zero-order valence-corrected chi connectivity index (χ0v) is 36.2. The van der Waals surface area contributed by atoms with Gasteiger partial charge in [-0.1, -0.05) is 171 Å². The van der Waals surface area contributed by atoms with Gasteiger partial charge in [0.1, 0.15) is 6.61 Å². The van der Waals surface area contributed by atoms with E-state index in [1.807, 2.05) is 0 Å². The molecule has 0 aliphatic heterocycles. The van der Waals surface area contributed by atoms with Crippen LogP contribution < -0.4 is 0 Å². The second kappa shape index (κ2) is 39.1. The number of carbonyl (C=O) groups excluding carboxylic acids is 2. The number of aliphatic hydroxyl groups is 3. The molecular formula is C45H79O11P. The monoisotopic (exact) mass is 827 g/mol. The maximum absolute atomic E-state index is 12.4. The molecule has 0 bridgehead atoms. The highest BCUT2D eigenvalue weighted by Crippen LogP contribution is 2.36. The number of phosphoric ester groups is 1. The van der Waals surface area contributed by atoms with Gasteiger partial charge in [0.25, 0.3) is 0 Å². The van der Waals surface area contributed by atoms with E-state index in [-0.39, 0.29) is 25.7 Å². The number of hydrogen-bond donors (Lipinski definition) is 5. The van der Waals surface area contributed by atoms with E-state index in [0.29, 0.717) is 6.42 Å². The first-order valence-corrected chi connectivity index (χ1v) is 23.4. The molecule has 0 saturated carbocycles. The summed E-state index contributed by atoms with van der Waals surface area (Å²) in [6.45, 7) is 3.29. The average molecular weight is 827 g/mol. The highest BCUT2D eigenvalue weighted by Gasteiger charge is 2.23. The topological polar surface area (TPSA) is 180 Å². The molecule has 11 nitrogen and oxygen atoms in total. The van der Waals surface area contributed by atoms with E-state index in [1.54, 1.807) is 42.5 Å². The van der Waals surface area contributed by atoms with Crippen LogP contribution in [0.1, 0.15) is 174 Å². The molecule has 5 N–H and O–H groups in total. The number of hydrogen-bond acceptors (Lipinski definition) is 9. The standard InChI is InChI=1S/C45H79O11P/c1-3-5-7-8-9-10-11-12-13-14-15-16-17-18-19-20-21-26-30-36-45(50)56-41(39-55-57(51,52)53)38-54-44(49)37-31-35-43(48)42(47)34-29-25-23-22-24-28-33-40(46)32-27-6-4-2/h12-13,22-25,28-29,33-34,40-43,46-48H,3-11,14-21,26-27,30-32,35-39H2,1-2H3,(H2,51,52,53)/b13-12-,24-22-,25-23+,33-28+,34-29+/t40-,41-,42-,43-/m1/s1. The summed E-state index contributed by atoms with van der Waals surface area (Å²) in [5, 5.41) is 30.3. The van der Waals surface area contributed by atoms with E-state index < -0.39 is 57.4 Å². The zero-order chi connectivity index (χ0) is 42.2. The van der Waals surface area contributed by atoms with Gasteiger partial charge in [0.05, 0.1) is 24.9 Å². The van der Waals surface area contributed by atoms with Gasteiger partial charge in [0.15, 0.2) is 6.10 Å². The molecule has 0 saturated heterocycles. The van der Waals surface area contributed by atoms with Gasteiger partial charge in [0, 0.05) is 12.8 Å². The second-order valence-corrected chi connectivity index (χ2v) is 16.1. The highest BCUT2D eigenvalue weighted by atomic mass is 31.2. The number of carbonyl (C=O) groups is 2. The van der Waals surface area contributed by atoms with Crippen molar-refractivity contribution in [3.63, 3.8) is 0 Å². The maximum atomic E-state index is 12.4. The van der Waals surface area contributed by atoms with Gasteiger partial charge in [-0.05, 0) is 51.4 Å². The van der Waals surface area contributed by atoms with Gasteiger partial charge in [-0.3, -0.25) is 14.1 Å². The molecule has 0 aromatic heterocycles. The largest absolute Gasteiger partial charge is 0.469 e. The molecule has 0 unspecified atom stereocenters. The van der Waals surface area contributed by atoms with Crippen LogP contribution in [-0.2, 0) is 28.2 Å². The normalized spacial score (nSPS) is 14.7. The zero-order valence-electron chi connectivity index (χ0n) is 35.3. The number of rotatable bonds is 39. The van der Waals surface area contributed by atoms with Crippen LogP contribution in [0, 0.1) is 0 Å². The van der Waals surface area contributed by atoms with Crippen LogP contribution in [0.25, 0.3) is 0 Å². The van der Waals surface area contributed by atoms with Crippen molar-refractivity contribution in [2.75, 3.05) is 13.2 Å². The first-order chi connectivity index (χ1) is 27.5. The fourth-order valence-electron chi connectivity index (χ4n) is 5.93. The fourth-order valence-corrected chi connectivity index (χ4v) is 6.29. The van der Waals surface area contributed by atoms with Crippen LogP contribution >= 0.6 is 7.82 Å².